The molecule has 0 saturated carbocycles. The normalized spacial score (nSPS) is 15.2. The van der Waals surface area contributed by atoms with E-state index in [4.69, 9.17) is 14.2 Å². The number of rotatable bonds is 8. The highest BCUT2D eigenvalue weighted by atomic mass is 32.1. The number of nitrogens with one attached hydrogen (secondary N) is 1. The number of anilines is 1. The Labute approximate surface area is 187 Å². The van der Waals surface area contributed by atoms with Crippen molar-refractivity contribution in [3.63, 3.8) is 0 Å². The van der Waals surface area contributed by atoms with Crippen molar-refractivity contribution in [2.45, 2.75) is 32.1 Å². The standard InChI is InChI=1S/C25H27NO4S/c1-4-5-13-30-24-18(7-6-8-21(24)29-3)19-14-22(27)26-23-20(15-31-25(19)23)16-9-11-17(28-2)12-10-16/h6-12,15,19H,4-5,13-14H2,1-3H3,(H,26,27). The van der Waals surface area contributed by atoms with Gasteiger partial charge in [0.1, 0.15) is 5.75 Å². The number of amides is 1. The number of benzene rings is 2. The fourth-order valence-corrected chi connectivity index (χ4v) is 5.05. The smallest absolute Gasteiger partial charge is 0.225 e. The fourth-order valence-electron chi connectivity index (χ4n) is 3.90. The molecule has 1 N–H and O–H groups in total. The van der Waals surface area contributed by atoms with E-state index in [2.05, 4.69) is 17.6 Å². The first-order chi connectivity index (χ1) is 15.2. The van der Waals surface area contributed by atoms with Gasteiger partial charge in [-0.15, -0.1) is 11.3 Å². The number of hydrogen-bond donors (Lipinski definition) is 1. The average Bonchev–Trinajstić information content (AvgIpc) is 3.22. The van der Waals surface area contributed by atoms with Gasteiger partial charge in [0, 0.05) is 33.7 Å². The van der Waals surface area contributed by atoms with Crippen LogP contribution in [0.25, 0.3) is 11.1 Å². The van der Waals surface area contributed by atoms with Crippen molar-refractivity contribution in [2.75, 3.05) is 26.1 Å². The molecule has 1 aliphatic rings. The van der Waals surface area contributed by atoms with Crippen LogP contribution in [0.5, 0.6) is 17.2 Å². The number of hydrogen-bond acceptors (Lipinski definition) is 5. The van der Waals surface area contributed by atoms with E-state index >= 15 is 0 Å². The number of methoxy groups -OCH3 is 2. The molecular formula is C25H27NO4S. The van der Waals surface area contributed by atoms with E-state index in [1.54, 1.807) is 25.6 Å². The van der Waals surface area contributed by atoms with Crippen LogP contribution in [0.15, 0.2) is 47.8 Å². The number of fused-ring (bicyclic) bond motifs is 1. The van der Waals surface area contributed by atoms with Crippen LogP contribution in [0.4, 0.5) is 5.69 Å². The second-order valence-electron chi connectivity index (χ2n) is 7.50. The third-order valence-corrected chi connectivity index (χ3v) is 6.64. The van der Waals surface area contributed by atoms with E-state index in [9.17, 15) is 4.79 Å². The van der Waals surface area contributed by atoms with Crippen molar-refractivity contribution in [3.8, 4) is 28.4 Å². The summed E-state index contributed by atoms with van der Waals surface area (Å²) >= 11 is 1.67. The van der Waals surface area contributed by atoms with Crippen LogP contribution in [-0.4, -0.2) is 26.7 Å². The third kappa shape index (κ3) is 4.26. The Hall–Kier alpha value is -2.99. The van der Waals surface area contributed by atoms with Gasteiger partial charge in [-0.2, -0.15) is 0 Å². The highest BCUT2D eigenvalue weighted by Crippen LogP contribution is 2.49. The van der Waals surface area contributed by atoms with E-state index in [1.165, 1.54) is 0 Å². The number of carbonyl (C=O) groups excluding carboxylic acids is 1. The molecule has 0 radical (unpaired) electrons. The van der Waals surface area contributed by atoms with Crippen molar-refractivity contribution in [1.82, 2.24) is 0 Å². The first-order valence-corrected chi connectivity index (χ1v) is 11.4. The van der Waals surface area contributed by atoms with E-state index in [-0.39, 0.29) is 11.8 Å². The van der Waals surface area contributed by atoms with Crippen LogP contribution in [0.3, 0.4) is 0 Å². The summed E-state index contributed by atoms with van der Waals surface area (Å²) in [4.78, 5) is 13.9. The Balaban J connectivity index is 1.76. The Kier molecular flexibility index (Phi) is 6.47. The molecule has 1 unspecified atom stereocenters. The molecule has 0 saturated heterocycles. The van der Waals surface area contributed by atoms with Crippen LogP contribution >= 0.6 is 11.3 Å². The molecule has 162 valence electrons. The molecule has 5 nitrogen and oxygen atoms in total. The molecule has 1 atom stereocenters. The minimum atomic E-state index is -0.0764. The molecule has 1 aromatic heterocycles. The number of unbranched alkanes of at least 4 members (excludes halogenated alkanes) is 1. The van der Waals surface area contributed by atoms with Crippen LogP contribution in [0.2, 0.25) is 0 Å². The van der Waals surface area contributed by atoms with Crippen LogP contribution in [0.1, 0.15) is 42.5 Å². The third-order valence-electron chi connectivity index (χ3n) is 5.54. The Bertz CT molecular complexity index is 1060. The van der Waals surface area contributed by atoms with Gasteiger partial charge in [0.05, 0.1) is 26.5 Å². The summed E-state index contributed by atoms with van der Waals surface area (Å²) in [5, 5.41) is 5.22. The van der Waals surface area contributed by atoms with Gasteiger partial charge in [-0.1, -0.05) is 37.6 Å². The minimum absolute atomic E-state index is 0.00740. The zero-order valence-corrected chi connectivity index (χ0v) is 18.9. The van der Waals surface area contributed by atoms with Gasteiger partial charge in [-0.3, -0.25) is 4.79 Å². The lowest BCUT2D eigenvalue weighted by Gasteiger charge is -2.26. The lowest BCUT2D eigenvalue weighted by Crippen LogP contribution is -2.23. The number of ether oxygens (including phenoxy) is 3. The Morgan fingerprint density at radius 3 is 2.61 bits per heavy atom. The quantitative estimate of drug-likeness (QED) is 0.434. The molecule has 2 heterocycles. The number of thiophene rings is 1. The molecule has 0 fully saturated rings. The molecule has 1 aliphatic heterocycles. The predicted molar refractivity (Wildman–Crippen MR) is 125 cm³/mol. The molecule has 4 rings (SSSR count). The zero-order chi connectivity index (χ0) is 21.8. The summed E-state index contributed by atoms with van der Waals surface area (Å²) in [6.45, 7) is 2.76. The molecule has 0 aliphatic carbocycles. The maximum Gasteiger partial charge on any atom is 0.225 e. The summed E-state index contributed by atoms with van der Waals surface area (Å²) in [6, 6.07) is 13.8. The lowest BCUT2D eigenvalue weighted by molar-refractivity contribution is -0.116. The largest absolute Gasteiger partial charge is 0.497 e. The molecule has 0 bridgehead atoms. The number of carbonyl (C=O) groups is 1. The first kappa shape index (κ1) is 21.2. The summed E-state index contributed by atoms with van der Waals surface area (Å²) < 4.78 is 17.0. The molecule has 31 heavy (non-hydrogen) atoms. The van der Waals surface area contributed by atoms with E-state index in [1.807, 2.05) is 42.5 Å². The van der Waals surface area contributed by atoms with Gasteiger partial charge < -0.3 is 19.5 Å². The highest BCUT2D eigenvalue weighted by Gasteiger charge is 2.33. The topological polar surface area (TPSA) is 56.8 Å². The lowest BCUT2D eigenvalue weighted by atomic mass is 9.88. The second-order valence-corrected chi connectivity index (χ2v) is 8.41. The summed E-state index contributed by atoms with van der Waals surface area (Å²) in [5.41, 5.74) is 3.95. The second kappa shape index (κ2) is 9.43. The van der Waals surface area contributed by atoms with Crippen molar-refractivity contribution in [1.29, 1.82) is 0 Å². The van der Waals surface area contributed by atoms with E-state index in [0.29, 0.717) is 18.8 Å². The van der Waals surface area contributed by atoms with E-state index in [0.717, 1.165) is 51.6 Å². The summed E-state index contributed by atoms with van der Waals surface area (Å²) in [7, 11) is 3.30. The fraction of sp³-hybridized carbons (Fsp3) is 0.320. The average molecular weight is 438 g/mol. The maximum atomic E-state index is 12.7. The molecule has 1 amide bonds. The van der Waals surface area contributed by atoms with Gasteiger partial charge in [-0.25, -0.2) is 0 Å². The van der Waals surface area contributed by atoms with Crippen molar-refractivity contribution in [2.24, 2.45) is 0 Å². The van der Waals surface area contributed by atoms with Crippen LogP contribution in [-0.2, 0) is 4.79 Å². The van der Waals surface area contributed by atoms with Crippen molar-refractivity contribution >= 4 is 22.9 Å². The molecule has 3 aromatic rings. The first-order valence-electron chi connectivity index (χ1n) is 10.5. The van der Waals surface area contributed by atoms with E-state index < -0.39 is 0 Å². The summed E-state index contributed by atoms with van der Waals surface area (Å²) in [5.74, 6) is 2.18. The SMILES string of the molecule is CCCCOc1c(OC)cccc1C1CC(=O)Nc2c(-c3ccc(OC)cc3)csc21. The van der Waals surface area contributed by atoms with Gasteiger partial charge in [-0.05, 0) is 30.2 Å². The molecule has 2 aromatic carbocycles. The van der Waals surface area contributed by atoms with Gasteiger partial charge in [0.2, 0.25) is 5.91 Å². The summed E-state index contributed by atoms with van der Waals surface area (Å²) in [6.07, 6.45) is 2.40. The Morgan fingerprint density at radius 1 is 1.10 bits per heavy atom. The zero-order valence-electron chi connectivity index (χ0n) is 18.1. The predicted octanol–water partition coefficient (Wildman–Crippen LogP) is 6.09. The van der Waals surface area contributed by atoms with Crippen LogP contribution < -0.4 is 19.5 Å². The maximum absolute atomic E-state index is 12.7. The molecular weight excluding hydrogens is 410 g/mol. The molecule has 6 heteroatoms. The monoisotopic (exact) mass is 437 g/mol. The van der Waals surface area contributed by atoms with Crippen molar-refractivity contribution in [3.05, 3.63) is 58.3 Å². The Morgan fingerprint density at radius 2 is 1.90 bits per heavy atom. The van der Waals surface area contributed by atoms with Gasteiger partial charge in [0.25, 0.3) is 0 Å². The van der Waals surface area contributed by atoms with Gasteiger partial charge >= 0.3 is 0 Å². The number of para-hydroxylation sites is 1. The van der Waals surface area contributed by atoms with Gasteiger partial charge in [0.15, 0.2) is 11.5 Å². The van der Waals surface area contributed by atoms with Crippen molar-refractivity contribution < 1.29 is 19.0 Å². The highest BCUT2D eigenvalue weighted by molar-refractivity contribution is 7.11. The minimum Gasteiger partial charge on any atom is -0.497 e. The molecule has 0 spiro atoms. The van der Waals surface area contributed by atoms with Crippen LogP contribution in [0, 0.1) is 0 Å².